The van der Waals surface area contributed by atoms with Crippen LogP contribution in [0.5, 0.6) is 0 Å². The quantitative estimate of drug-likeness (QED) is 0.475. The Kier molecular flexibility index (Phi) is 6.51. The molecule has 5 heteroatoms. The first-order valence-corrected chi connectivity index (χ1v) is 13.7. The molecule has 2 unspecified atom stereocenters. The molecule has 0 amide bonds. The Labute approximate surface area is 208 Å². The van der Waals surface area contributed by atoms with Gasteiger partial charge in [-0.15, -0.1) is 0 Å². The van der Waals surface area contributed by atoms with Crippen molar-refractivity contribution in [3.63, 3.8) is 0 Å². The lowest BCUT2D eigenvalue weighted by atomic mass is 9.83. The molecule has 3 aliphatic rings. The van der Waals surface area contributed by atoms with E-state index in [1.807, 2.05) is 6.20 Å². The average molecular weight is 471 g/mol. The number of aryl methyl sites for hydroxylation is 1. The summed E-state index contributed by atoms with van der Waals surface area (Å²) in [7, 11) is 0. The number of carbonyl (C=O) groups is 1. The van der Waals surface area contributed by atoms with Gasteiger partial charge in [-0.3, -0.25) is 9.69 Å². The summed E-state index contributed by atoms with van der Waals surface area (Å²) < 4.78 is 0. The van der Waals surface area contributed by atoms with Crippen molar-refractivity contribution in [2.45, 2.75) is 63.5 Å². The third kappa shape index (κ3) is 4.58. The number of hydrogen-bond donors (Lipinski definition) is 2. The Balaban J connectivity index is 1.23. The van der Waals surface area contributed by atoms with Crippen LogP contribution in [0, 0.1) is 5.92 Å². The highest BCUT2D eigenvalue weighted by atomic mass is 16.1. The normalized spacial score (nSPS) is 22.9. The first kappa shape index (κ1) is 22.7. The maximum absolute atomic E-state index is 14.2. The summed E-state index contributed by atoms with van der Waals surface area (Å²) in [6.07, 6.45) is 11.2. The van der Waals surface area contributed by atoms with Crippen LogP contribution in [-0.2, 0) is 11.2 Å². The second-order valence-electron chi connectivity index (χ2n) is 10.7. The average Bonchev–Trinajstić information content (AvgIpc) is 3.23. The van der Waals surface area contributed by atoms with Gasteiger partial charge in [0.1, 0.15) is 0 Å². The molecule has 2 N–H and O–H groups in total. The number of nitrogens with one attached hydrogen (secondary N) is 2. The number of fused-ring (bicyclic) bond motifs is 2. The number of Topliss-reactive ketones (excluding diaryl/α,β-unsaturated/α-hetero) is 1. The molecule has 2 aliphatic heterocycles. The zero-order valence-corrected chi connectivity index (χ0v) is 20.7. The minimum Gasteiger partial charge on any atom is -0.380 e. The number of H-pyrrole nitrogens is 1. The number of hydrogen-bond acceptors (Lipinski definition) is 4. The number of nitrogens with zero attached hydrogens (tertiary/aromatic N) is 2. The lowest BCUT2D eigenvalue weighted by Gasteiger charge is -2.44. The molecule has 0 radical (unpaired) electrons. The van der Waals surface area contributed by atoms with E-state index in [4.69, 9.17) is 0 Å². The molecule has 3 heterocycles. The fourth-order valence-electron chi connectivity index (χ4n) is 6.72. The minimum atomic E-state index is -0.0309. The summed E-state index contributed by atoms with van der Waals surface area (Å²) in [6, 6.07) is 17.5. The zero-order chi connectivity index (χ0) is 23.6. The highest BCUT2D eigenvalue weighted by Crippen LogP contribution is 2.33. The Hall–Kier alpha value is -2.79. The van der Waals surface area contributed by atoms with Crippen LogP contribution in [-0.4, -0.2) is 53.9 Å². The van der Waals surface area contributed by atoms with Gasteiger partial charge in [-0.2, -0.15) is 0 Å². The van der Waals surface area contributed by atoms with E-state index in [0.29, 0.717) is 5.78 Å². The molecule has 5 nitrogen and oxygen atoms in total. The molecule has 1 saturated carbocycles. The van der Waals surface area contributed by atoms with Crippen molar-refractivity contribution < 1.29 is 4.79 Å². The summed E-state index contributed by atoms with van der Waals surface area (Å²) in [5, 5.41) is 5.10. The van der Waals surface area contributed by atoms with E-state index in [-0.39, 0.29) is 18.0 Å². The first-order valence-electron chi connectivity index (χ1n) is 13.7. The van der Waals surface area contributed by atoms with Gasteiger partial charge in [0.15, 0.2) is 5.78 Å². The zero-order valence-electron chi connectivity index (χ0n) is 20.7. The summed E-state index contributed by atoms with van der Waals surface area (Å²) in [4.78, 5) is 22.5. The molecule has 0 spiro atoms. The van der Waals surface area contributed by atoms with Crippen LogP contribution < -0.4 is 10.2 Å². The molecule has 35 heavy (non-hydrogen) atoms. The van der Waals surface area contributed by atoms with Gasteiger partial charge in [0.2, 0.25) is 0 Å². The van der Waals surface area contributed by atoms with E-state index in [1.165, 1.54) is 53.5 Å². The lowest BCUT2D eigenvalue weighted by molar-refractivity contribution is -0.129. The van der Waals surface area contributed by atoms with Crippen LogP contribution >= 0.6 is 0 Å². The molecular weight excluding hydrogens is 432 g/mol. The number of piperazine rings is 1. The molecular formula is C30H38N4O. The predicted octanol–water partition coefficient (Wildman–Crippen LogP) is 5.62. The van der Waals surface area contributed by atoms with Crippen LogP contribution in [0.3, 0.4) is 0 Å². The summed E-state index contributed by atoms with van der Waals surface area (Å²) in [5.41, 5.74) is 5.10. The van der Waals surface area contributed by atoms with E-state index in [1.54, 1.807) is 0 Å². The Morgan fingerprint density at radius 2 is 1.66 bits per heavy atom. The number of anilines is 2. The Bertz CT molecular complexity index is 1150. The minimum absolute atomic E-state index is 0.0309. The van der Waals surface area contributed by atoms with Crippen LogP contribution in [0.25, 0.3) is 10.9 Å². The van der Waals surface area contributed by atoms with Crippen molar-refractivity contribution in [3.05, 3.63) is 60.3 Å². The van der Waals surface area contributed by atoms with Gasteiger partial charge in [-0.25, -0.2) is 0 Å². The van der Waals surface area contributed by atoms with Crippen molar-refractivity contribution in [1.29, 1.82) is 0 Å². The monoisotopic (exact) mass is 470 g/mol. The summed E-state index contributed by atoms with van der Waals surface area (Å²) >= 11 is 0. The van der Waals surface area contributed by atoms with Crippen LogP contribution in [0.2, 0.25) is 0 Å². The lowest BCUT2D eigenvalue weighted by Crippen LogP contribution is -2.59. The first-order chi connectivity index (χ1) is 17.3. The molecule has 1 aliphatic carbocycles. The largest absolute Gasteiger partial charge is 0.380 e. The van der Waals surface area contributed by atoms with Crippen molar-refractivity contribution >= 4 is 28.1 Å². The molecule has 3 aromatic rings. The predicted molar refractivity (Wildman–Crippen MR) is 144 cm³/mol. The fraction of sp³-hybridized carbons (Fsp3) is 0.500. The molecule has 184 valence electrons. The summed E-state index contributed by atoms with van der Waals surface area (Å²) in [5.74, 6) is 0.734. The second kappa shape index (κ2) is 10.1. The van der Waals surface area contributed by atoms with Gasteiger partial charge in [-0.1, -0.05) is 49.9 Å². The van der Waals surface area contributed by atoms with E-state index < -0.39 is 0 Å². The standard InChI is InChI=1S/C30H38N4O/c35-30(23-9-3-1-2-4-10-23)29(27-15-14-22-8-5-6-11-25(22)32-27)34-20-18-33(19-21-34)28-13-7-12-26-24(28)16-17-31-26/h5-8,11-13,16-17,23,27,29,31-32H,1-4,9-10,14-15,18-21H2. The summed E-state index contributed by atoms with van der Waals surface area (Å²) in [6.45, 7) is 3.79. The van der Waals surface area contributed by atoms with E-state index >= 15 is 0 Å². The number of rotatable bonds is 5. The van der Waals surface area contributed by atoms with Crippen LogP contribution in [0.1, 0.15) is 50.5 Å². The van der Waals surface area contributed by atoms with E-state index in [2.05, 4.69) is 68.6 Å². The number of benzene rings is 2. The molecule has 0 bridgehead atoms. The molecule has 1 aromatic heterocycles. The molecule has 2 aromatic carbocycles. The maximum atomic E-state index is 14.2. The van der Waals surface area contributed by atoms with Gasteiger partial charge in [0, 0.05) is 66.6 Å². The van der Waals surface area contributed by atoms with Gasteiger partial charge < -0.3 is 15.2 Å². The fourth-order valence-corrected chi connectivity index (χ4v) is 6.72. The third-order valence-corrected chi connectivity index (χ3v) is 8.63. The third-order valence-electron chi connectivity index (χ3n) is 8.63. The number of para-hydroxylation sites is 1. The number of aromatic amines is 1. The highest BCUT2D eigenvalue weighted by molar-refractivity contribution is 5.92. The van der Waals surface area contributed by atoms with Crippen LogP contribution in [0.15, 0.2) is 54.7 Å². The van der Waals surface area contributed by atoms with Gasteiger partial charge in [0.05, 0.1) is 6.04 Å². The molecule has 2 atom stereocenters. The van der Waals surface area contributed by atoms with Crippen molar-refractivity contribution in [2.24, 2.45) is 5.92 Å². The van der Waals surface area contributed by atoms with Gasteiger partial charge >= 0.3 is 0 Å². The Morgan fingerprint density at radius 1 is 0.857 bits per heavy atom. The smallest absolute Gasteiger partial charge is 0.155 e. The van der Waals surface area contributed by atoms with E-state index in [0.717, 1.165) is 51.9 Å². The molecule has 6 rings (SSSR count). The topological polar surface area (TPSA) is 51.4 Å². The number of ketones is 1. The van der Waals surface area contributed by atoms with E-state index in [9.17, 15) is 4.79 Å². The van der Waals surface area contributed by atoms with Gasteiger partial charge in [0.25, 0.3) is 0 Å². The number of carbonyl (C=O) groups excluding carboxylic acids is 1. The highest BCUT2D eigenvalue weighted by Gasteiger charge is 2.39. The molecule has 1 saturated heterocycles. The SMILES string of the molecule is O=C(C1CCCCCC1)C(C1CCc2ccccc2N1)N1CCN(c2cccc3[nH]ccc23)CC1. The number of aromatic nitrogens is 1. The van der Waals surface area contributed by atoms with Gasteiger partial charge in [-0.05, 0) is 55.5 Å². The second-order valence-corrected chi connectivity index (χ2v) is 10.7. The van der Waals surface area contributed by atoms with Crippen molar-refractivity contribution in [3.8, 4) is 0 Å². The molecule has 2 fully saturated rings. The Morgan fingerprint density at radius 3 is 2.49 bits per heavy atom. The van der Waals surface area contributed by atoms with Crippen molar-refractivity contribution in [1.82, 2.24) is 9.88 Å². The maximum Gasteiger partial charge on any atom is 0.155 e. The van der Waals surface area contributed by atoms with Crippen LogP contribution in [0.4, 0.5) is 11.4 Å². The van der Waals surface area contributed by atoms with Crippen molar-refractivity contribution in [2.75, 3.05) is 36.4 Å².